The van der Waals surface area contributed by atoms with Gasteiger partial charge < -0.3 is 11.1 Å². The van der Waals surface area contributed by atoms with E-state index in [0.29, 0.717) is 46.6 Å². The third kappa shape index (κ3) is 3.47. The molecule has 0 spiro atoms. The first-order chi connectivity index (χ1) is 14.7. The summed E-state index contributed by atoms with van der Waals surface area (Å²) >= 11 is 0. The molecule has 30 heavy (non-hydrogen) atoms. The number of halogens is 1. The molecule has 2 heterocycles. The van der Waals surface area contributed by atoms with Crippen LogP contribution in [0.2, 0.25) is 0 Å². The highest BCUT2D eigenvalue weighted by atomic mass is 19.1. The van der Waals surface area contributed by atoms with Crippen molar-refractivity contribution < 1.29 is 4.39 Å². The van der Waals surface area contributed by atoms with E-state index in [1.54, 1.807) is 22.9 Å². The predicted molar refractivity (Wildman–Crippen MR) is 117 cm³/mol. The molecule has 1 saturated carbocycles. The van der Waals surface area contributed by atoms with Crippen LogP contribution in [-0.4, -0.2) is 25.8 Å². The molecule has 1 fully saturated rings. The van der Waals surface area contributed by atoms with E-state index in [1.165, 1.54) is 18.9 Å². The van der Waals surface area contributed by atoms with Gasteiger partial charge in [0.05, 0.1) is 17.6 Å². The van der Waals surface area contributed by atoms with Gasteiger partial charge in [-0.15, -0.1) is 5.10 Å². The molecule has 0 aliphatic heterocycles. The van der Waals surface area contributed by atoms with Crippen molar-refractivity contribution >= 4 is 22.8 Å². The van der Waals surface area contributed by atoms with Crippen molar-refractivity contribution in [1.29, 1.82) is 0 Å². The number of nitrogens with two attached hydrogens (primary N) is 1. The Labute approximate surface area is 174 Å². The smallest absolute Gasteiger partial charge is 0.225 e. The maximum Gasteiger partial charge on any atom is 0.225 e. The van der Waals surface area contributed by atoms with Gasteiger partial charge in [-0.25, -0.2) is 14.1 Å². The second-order valence-corrected chi connectivity index (χ2v) is 7.73. The van der Waals surface area contributed by atoms with Gasteiger partial charge >= 0.3 is 0 Å². The molecule has 7 heteroatoms. The van der Waals surface area contributed by atoms with Crippen LogP contribution in [0.1, 0.15) is 31.2 Å². The minimum atomic E-state index is -0.348. The Balaban J connectivity index is 1.65. The molecule has 0 saturated heterocycles. The average Bonchev–Trinajstić information content (AvgIpc) is 3.37. The molecule has 6 nitrogen and oxygen atoms in total. The summed E-state index contributed by atoms with van der Waals surface area (Å²) in [5.41, 5.74) is 8.87. The highest BCUT2D eigenvalue weighted by Gasteiger charge is 2.22. The minimum Gasteiger partial charge on any atom is -0.383 e. The van der Waals surface area contributed by atoms with Crippen molar-refractivity contribution in [1.82, 2.24) is 19.7 Å². The number of benzene rings is 2. The van der Waals surface area contributed by atoms with Gasteiger partial charge in [-0.2, -0.15) is 4.98 Å². The monoisotopic (exact) mass is 402 g/mol. The summed E-state index contributed by atoms with van der Waals surface area (Å²) < 4.78 is 16.4. The zero-order chi connectivity index (χ0) is 20.5. The summed E-state index contributed by atoms with van der Waals surface area (Å²) in [6.07, 6.45) is 4.56. The Morgan fingerprint density at radius 1 is 1.00 bits per heavy atom. The number of anilines is 2. The van der Waals surface area contributed by atoms with E-state index in [0.717, 1.165) is 18.4 Å². The Bertz CT molecular complexity index is 1180. The van der Waals surface area contributed by atoms with E-state index in [2.05, 4.69) is 20.4 Å². The molecule has 152 valence electrons. The number of rotatable bonds is 5. The van der Waals surface area contributed by atoms with E-state index in [1.807, 2.05) is 30.3 Å². The van der Waals surface area contributed by atoms with Gasteiger partial charge in [-0.05, 0) is 30.5 Å². The van der Waals surface area contributed by atoms with Crippen molar-refractivity contribution in [2.75, 3.05) is 11.1 Å². The van der Waals surface area contributed by atoms with E-state index in [-0.39, 0.29) is 5.82 Å². The van der Waals surface area contributed by atoms with Crippen molar-refractivity contribution in [3.05, 3.63) is 66.0 Å². The zero-order valence-corrected chi connectivity index (χ0v) is 16.6. The molecule has 2 aromatic carbocycles. The van der Waals surface area contributed by atoms with Crippen LogP contribution in [0.15, 0.2) is 54.6 Å². The first-order valence-electron chi connectivity index (χ1n) is 10.3. The molecular formula is C23H23FN6. The van der Waals surface area contributed by atoms with E-state index < -0.39 is 0 Å². The summed E-state index contributed by atoms with van der Waals surface area (Å²) in [7, 11) is 0. The largest absolute Gasteiger partial charge is 0.383 e. The van der Waals surface area contributed by atoms with Crippen LogP contribution in [-0.2, 0) is 6.54 Å². The fourth-order valence-electron chi connectivity index (χ4n) is 4.10. The molecule has 0 unspecified atom stereocenters. The van der Waals surface area contributed by atoms with Crippen molar-refractivity contribution in [2.45, 2.75) is 38.3 Å². The molecule has 1 aliphatic rings. The van der Waals surface area contributed by atoms with Crippen LogP contribution in [0.25, 0.3) is 22.3 Å². The fraction of sp³-hybridized carbons (Fsp3) is 0.261. The maximum atomic E-state index is 14.7. The Kier molecular flexibility index (Phi) is 4.78. The lowest BCUT2D eigenvalue weighted by molar-refractivity contribution is 0.631. The number of hydrogen-bond donors (Lipinski definition) is 2. The molecule has 0 bridgehead atoms. The topological polar surface area (TPSA) is 81.7 Å². The second-order valence-electron chi connectivity index (χ2n) is 7.73. The average molecular weight is 402 g/mol. The number of hydrogen-bond acceptors (Lipinski definition) is 5. The SMILES string of the molecule is Nc1c2c(-c3ccccc3F)nc(NC3CCCC3)nc2nn1Cc1ccccc1. The molecule has 2 aromatic heterocycles. The first kappa shape index (κ1) is 18.5. The number of nitrogens with one attached hydrogen (secondary N) is 1. The molecule has 0 atom stereocenters. The maximum absolute atomic E-state index is 14.7. The minimum absolute atomic E-state index is 0.333. The molecule has 0 radical (unpaired) electrons. The standard InChI is InChI=1S/C23H23FN6/c24-18-13-7-6-12-17(18)20-19-21(25)30(14-15-8-2-1-3-9-15)29-22(19)28-23(27-20)26-16-10-4-5-11-16/h1-3,6-9,12-13,16H,4-5,10-11,14,25H2,(H,26,28,29). The first-order valence-corrected chi connectivity index (χ1v) is 10.3. The molecule has 3 N–H and O–H groups in total. The highest BCUT2D eigenvalue weighted by molar-refractivity contribution is 5.99. The Morgan fingerprint density at radius 3 is 2.50 bits per heavy atom. The molecule has 5 rings (SSSR count). The van der Waals surface area contributed by atoms with Crippen molar-refractivity contribution in [3.63, 3.8) is 0 Å². The van der Waals surface area contributed by atoms with Gasteiger partial charge in [0.2, 0.25) is 5.95 Å². The zero-order valence-electron chi connectivity index (χ0n) is 16.6. The highest BCUT2D eigenvalue weighted by Crippen LogP contribution is 2.33. The summed E-state index contributed by atoms with van der Waals surface area (Å²) in [6.45, 7) is 0.505. The lowest BCUT2D eigenvalue weighted by Crippen LogP contribution is -2.17. The molecular weight excluding hydrogens is 379 g/mol. The van der Waals surface area contributed by atoms with Crippen LogP contribution < -0.4 is 11.1 Å². The third-order valence-corrected chi connectivity index (χ3v) is 5.63. The van der Waals surface area contributed by atoms with Gasteiger partial charge in [-0.3, -0.25) is 0 Å². The summed E-state index contributed by atoms with van der Waals surface area (Å²) in [6, 6.07) is 16.9. The normalized spacial score (nSPS) is 14.4. The van der Waals surface area contributed by atoms with Crippen LogP contribution >= 0.6 is 0 Å². The number of fused-ring (bicyclic) bond motifs is 1. The summed E-state index contributed by atoms with van der Waals surface area (Å²) in [5, 5.41) is 8.62. The Hall–Kier alpha value is -3.48. The van der Waals surface area contributed by atoms with Gasteiger partial charge in [0, 0.05) is 11.6 Å². The number of nitrogen functional groups attached to an aromatic ring is 1. The molecule has 4 aromatic rings. The van der Waals surface area contributed by atoms with Crippen LogP contribution in [0.4, 0.5) is 16.2 Å². The fourth-order valence-corrected chi connectivity index (χ4v) is 4.10. The lowest BCUT2D eigenvalue weighted by Gasteiger charge is -2.13. The summed E-state index contributed by atoms with van der Waals surface area (Å²) in [4.78, 5) is 9.30. The van der Waals surface area contributed by atoms with E-state index >= 15 is 0 Å². The van der Waals surface area contributed by atoms with Crippen LogP contribution in [0, 0.1) is 5.82 Å². The number of aromatic nitrogens is 4. The quantitative estimate of drug-likeness (QED) is 0.509. The second kappa shape index (κ2) is 7.74. The van der Waals surface area contributed by atoms with E-state index in [9.17, 15) is 4.39 Å². The van der Waals surface area contributed by atoms with Crippen molar-refractivity contribution in [3.8, 4) is 11.3 Å². The lowest BCUT2D eigenvalue weighted by atomic mass is 10.1. The van der Waals surface area contributed by atoms with Crippen LogP contribution in [0.3, 0.4) is 0 Å². The molecule has 0 amide bonds. The molecule has 1 aliphatic carbocycles. The Morgan fingerprint density at radius 2 is 1.73 bits per heavy atom. The van der Waals surface area contributed by atoms with Crippen molar-refractivity contribution in [2.24, 2.45) is 0 Å². The van der Waals surface area contributed by atoms with Crippen LogP contribution in [0.5, 0.6) is 0 Å². The predicted octanol–water partition coefficient (Wildman–Crippen LogP) is 4.62. The van der Waals surface area contributed by atoms with Gasteiger partial charge in [0.25, 0.3) is 0 Å². The third-order valence-electron chi connectivity index (χ3n) is 5.63. The van der Waals surface area contributed by atoms with Gasteiger partial charge in [0.1, 0.15) is 11.6 Å². The van der Waals surface area contributed by atoms with E-state index in [4.69, 9.17) is 5.73 Å². The van der Waals surface area contributed by atoms with Gasteiger partial charge in [-0.1, -0.05) is 55.3 Å². The van der Waals surface area contributed by atoms with Gasteiger partial charge in [0.15, 0.2) is 5.65 Å². The number of nitrogens with zero attached hydrogens (tertiary/aromatic N) is 4. The summed E-state index contributed by atoms with van der Waals surface area (Å²) in [5.74, 6) is 0.552.